The molecule has 0 aromatic carbocycles. The van der Waals surface area contributed by atoms with Crippen LogP contribution in [0.3, 0.4) is 0 Å². The number of halogens is 2. The topological polar surface area (TPSA) is 174 Å². The Hall–Kier alpha value is -1.74. The van der Waals surface area contributed by atoms with Gasteiger partial charge in [0.1, 0.15) is 26.3 Å². The van der Waals surface area contributed by atoms with Crippen LogP contribution in [0.25, 0.3) is 0 Å². The second-order valence-corrected chi connectivity index (χ2v) is 10.7. The van der Waals surface area contributed by atoms with E-state index in [-0.39, 0.29) is 11.4 Å². The van der Waals surface area contributed by atoms with Crippen LogP contribution in [0.4, 0.5) is 0 Å². The van der Waals surface area contributed by atoms with Gasteiger partial charge in [0.25, 0.3) is 0 Å². The number of nitrogens with two attached hydrogens (primary N) is 1. The van der Waals surface area contributed by atoms with Crippen LogP contribution in [0.5, 0.6) is 0 Å². The summed E-state index contributed by atoms with van der Waals surface area (Å²) in [6, 6.07) is 9.52. The number of ketones is 1. The first-order valence-corrected chi connectivity index (χ1v) is 12.9. The van der Waals surface area contributed by atoms with E-state index in [1.54, 1.807) is 24.3 Å². The molecule has 3 N–H and O–H groups in total. The van der Waals surface area contributed by atoms with E-state index in [1.165, 1.54) is 12.1 Å². The number of aromatic carboxylic acids is 1. The summed E-state index contributed by atoms with van der Waals surface area (Å²) in [6.07, 6.45) is 1.95. The Bertz CT molecular complexity index is 1070. The molecule has 0 radical (unpaired) electrons. The van der Waals surface area contributed by atoms with Gasteiger partial charge in [0.05, 0.1) is 6.26 Å². The maximum atomic E-state index is 11.4. The van der Waals surface area contributed by atoms with Crippen LogP contribution in [0.15, 0.2) is 45.6 Å². The summed E-state index contributed by atoms with van der Waals surface area (Å²) < 4.78 is 41.5. The molecule has 0 atom stereocenters. The highest BCUT2D eigenvalue weighted by atomic mass is 79.9. The third-order valence-corrected chi connectivity index (χ3v) is 4.00. The van der Waals surface area contributed by atoms with Crippen molar-refractivity contribution in [2.45, 2.75) is 0 Å². The van der Waals surface area contributed by atoms with E-state index >= 15 is 0 Å². The Balaban J connectivity index is 0.000000455. The van der Waals surface area contributed by atoms with Gasteiger partial charge in [0.15, 0.2) is 15.6 Å². The number of nitrogens with zero attached hydrogens (tertiary/aromatic N) is 2. The lowest BCUT2D eigenvalue weighted by Gasteiger charge is -1.98. The minimum absolute atomic E-state index is 0.0503. The van der Waals surface area contributed by atoms with Crippen LogP contribution >= 0.6 is 31.9 Å². The summed E-state index contributed by atoms with van der Waals surface area (Å²) >= 11 is 6.15. The van der Waals surface area contributed by atoms with Gasteiger partial charge in [0, 0.05) is 6.26 Å². The zero-order valence-corrected chi connectivity index (χ0v) is 19.9. The molecule has 0 aliphatic carbocycles. The Labute approximate surface area is 184 Å². The highest BCUT2D eigenvalue weighted by molar-refractivity contribution is 9.10. The predicted octanol–water partition coefficient (Wildman–Crippen LogP) is 1.52. The largest absolute Gasteiger partial charge is 0.477 e. The number of sulfonamides is 1. The van der Waals surface area contributed by atoms with Crippen LogP contribution < -0.4 is 5.14 Å². The summed E-state index contributed by atoms with van der Waals surface area (Å²) in [6.45, 7) is 0. The average Bonchev–Trinajstić information content (AvgIpc) is 2.52. The maximum Gasteiger partial charge on any atom is 0.354 e. The molecule has 0 fully saturated rings. The molecule has 2 heterocycles. The minimum atomic E-state index is -3.29. The molecule has 0 amide bonds. The van der Waals surface area contributed by atoms with E-state index in [0.717, 1.165) is 12.5 Å². The van der Waals surface area contributed by atoms with Gasteiger partial charge in [-0.3, -0.25) is 4.79 Å². The molecule has 29 heavy (non-hydrogen) atoms. The van der Waals surface area contributed by atoms with E-state index < -0.39 is 37.4 Å². The van der Waals surface area contributed by atoms with Gasteiger partial charge in [-0.05, 0) is 56.1 Å². The smallest absolute Gasteiger partial charge is 0.354 e. The molecule has 10 nitrogen and oxygen atoms in total. The Kier molecular flexibility index (Phi) is 11.3. The number of carboxylic acid groups (broad SMARTS) is 1. The molecule has 2 rings (SSSR count). The van der Waals surface area contributed by atoms with E-state index in [0.29, 0.717) is 9.21 Å². The SMILES string of the molecule is CS(=O)(=O)CC(=O)c1cccc(Br)n1.CS(N)(=O)=O.O=C(O)c1cccc(Br)n1. The Morgan fingerprint density at radius 2 is 1.31 bits per heavy atom. The number of aromatic nitrogens is 2. The number of hydrogen-bond acceptors (Lipinski definition) is 8. The molecule has 0 unspecified atom stereocenters. The molecule has 160 valence electrons. The van der Waals surface area contributed by atoms with E-state index in [4.69, 9.17) is 5.11 Å². The molecular formula is C15H17Br2N3O7S2. The maximum absolute atomic E-state index is 11.4. The fraction of sp³-hybridized carbons (Fsp3) is 0.200. The van der Waals surface area contributed by atoms with Gasteiger partial charge >= 0.3 is 5.97 Å². The Morgan fingerprint density at radius 3 is 1.62 bits per heavy atom. The van der Waals surface area contributed by atoms with Crippen LogP contribution in [0.1, 0.15) is 21.0 Å². The molecule has 2 aromatic heterocycles. The van der Waals surface area contributed by atoms with Gasteiger partial charge in [-0.2, -0.15) is 0 Å². The normalized spacial score (nSPS) is 10.7. The number of carbonyl (C=O) groups excluding carboxylic acids is 1. The first kappa shape index (κ1) is 27.3. The summed E-state index contributed by atoms with van der Waals surface area (Å²) in [7, 11) is -6.46. The number of sulfone groups is 1. The number of carboxylic acids is 1. The number of rotatable bonds is 4. The van der Waals surface area contributed by atoms with Crippen LogP contribution in [-0.4, -0.2) is 61.9 Å². The van der Waals surface area contributed by atoms with Gasteiger partial charge in [-0.25, -0.2) is 36.7 Å². The number of carbonyl (C=O) groups is 2. The summed E-state index contributed by atoms with van der Waals surface area (Å²) in [4.78, 5) is 29.2. The number of pyridine rings is 2. The Morgan fingerprint density at radius 1 is 0.931 bits per heavy atom. The number of hydrogen-bond donors (Lipinski definition) is 2. The fourth-order valence-electron chi connectivity index (χ4n) is 1.40. The molecule has 0 saturated heterocycles. The van der Waals surface area contributed by atoms with Gasteiger partial charge in [0.2, 0.25) is 10.0 Å². The number of Topliss-reactive ketones (excluding diaryl/α,β-unsaturated/α-hetero) is 1. The van der Waals surface area contributed by atoms with E-state index in [9.17, 15) is 26.4 Å². The third kappa shape index (κ3) is 15.8. The fourth-order valence-corrected chi connectivity index (χ4v) is 2.71. The lowest BCUT2D eigenvalue weighted by atomic mass is 10.3. The lowest BCUT2D eigenvalue weighted by molar-refractivity contribution is 0.0690. The van der Waals surface area contributed by atoms with Crippen molar-refractivity contribution in [3.8, 4) is 0 Å². The first-order chi connectivity index (χ1) is 13.1. The summed E-state index contributed by atoms with van der Waals surface area (Å²) in [5, 5.41) is 12.8. The van der Waals surface area contributed by atoms with E-state index in [1.807, 2.05) is 0 Å². The van der Waals surface area contributed by atoms with Crippen molar-refractivity contribution in [1.82, 2.24) is 9.97 Å². The molecule has 0 saturated carbocycles. The highest BCUT2D eigenvalue weighted by Gasteiger charge is 2.14. The second kappa shape index (κ2) is 12.1. The van der Waals surface area contributed by atoms with Crippen molar-refractivity contribution >= 4 is 63.5 Å². The third-order valence-electron chi connectivity index (χ3n) is 2.33. The molecule has 0 bridgehead atoms. The van der Waals surface area contributed by atoms with Crippen LogP contribution in [0.2, 0.25) is 0 Å². The molecular weight excluding hydrogens is 558 g/mol. The summed E-state index contributed by atoms with van der Waals surface area (Å²) in [5.41, 5.74) is 0.208. The van der Waals surface area contributed by atoms with Crippen LogP contribution in [-0.2, 0) is 19.9 Å². The zero-order chi connectivity index (χ0) is 22.8. The van der Waals surface area contributed by atoms with Crippen molar-refractivity contribution in [2.24, 2.45) is 5.14 Å². The average molecular weight is 575 g/mol. The minimum Gasteiger partial charge on any atom is -0.477 e. The van der Waals surface area contributed by atoms with Crippen molar-refractivity contribution in [1.29, 1.82) is 0 Å². The van der Waals surface area contributed by atoms with Crippen LogP contribution in [0, 0.1) is 0 Å². The summed E-state index contributed by atoms with van der Waals surface area (Å²) in [5.74, 6) is -2.01. The molecule has 2 aromatic rings. The monoisotopic (exact) mass is 573 g/mol. The predicted molar refractivity (Wildman–Crippen MR) is 114 cm³/mol. The molecule has 0 spiro atoms. The van der Waals surface area contributed by atoms with Gasteiger partial charge in [-0.15, -0.1) is 0 Å². The van der Waals surface area contributed by atoms with Crippen molar-refractivity contribution in [3.05, 3.63) is 57.0 Å². The molecule has 0 aliphatic rings. The van der Waals surface area contributed by atoms with E-state index in [2.05, 4.69) is 47.0 Å². The van der Waals surface area contributed by atoms with Crippen molar-refractivity contribution < 1.29 is 31.5 Å². The molecule has 14 heteroatoms. The zero-order valence-electron chi connectivity index (χ0n) is 15.1. The van der Waals surface area contributed by atoms with Crippen molar-refractivity contribution in [3.63, 3.8) is 0 Å². The lowest BCUT2D eigenvalue weighted by Crippen LogP contribution is -2.15. The van der Waals surface area contributed by atoms with Crippen molar-refractivity contribution in [2.75, 3.05) is 18.3 Å². The standard InChI is InChI=1S/C8H8BrNO3S.C6H4BrNO2.CH5NO2S/c1-14(12,13)5-7(11)6-3-2-4-8(9)10-6;7-5-3-1-2-4(8-5)6(9)10;1-5(2,3)4/h2-4H,5H2,1H3;1-3H,(H,9,10);1H3,(H2,2,3,4). The van der Waals surface area contributed by atoms with Gasteiger partial charge in [-0.1, -0.05) is 12.1 Å². The second-order valence-electron chi connectivity index (χ2n) is 5.32. The quantitative estimate of drug-likeness (QED) is 0.405. The highest BCUT2D eigenvalue weighted by Crippen LogP contribution is 2.07. The molecule has 0 aliphatic heterocycles. The first-order valence-electron chi connectivity index (χ1n) is 7.25. The van der Waals surface area contributed by atoms with Gasteiger partial charge < -0.3 is 5.11 Å². The number of primary sulfonamides is 1.